The second-order valence-corrected chi connectivity index (χ2v) is 7.80. The standard InChI is InChI=1S/C26H25N3O2/c1-17-11-12-19(13-18(17)2)25(30)23-16-29(24-10-5-4-9-22(24)26(23)31)15-21-8-6-7-20(28-21)14-27-3/h4-13,16,27H,14-15H2,1-3H3. The second-order valence-electron chi connectivity index (χ2n) is 7.80. The van der Waals surface area contributed by atoms with E-state index in [0.29, 0.717) is 24.0 Å². The number of aryl methyl sites for hydroxylation is 2. The van der Waals surface area contributed by atoms with Gasteiger partial charge in [-0.05, 0) is 62.4 Å². The summed E-state index contributed by atoms with van der Waals surface area (Å²) in [6, 6.07) is 18.8. The zero-order valence-electron chi connectivity index (χ0n) is 18.0. The Morgan fingerprint density at radius 1 is 0.968 bits per heavy atom. The maximum absolute atomic E-state index is 13.3. The highest BCUT2D eigenvalue weighted by atomic mass is 16.1. The minimum Gasteiger partial charge on any atom is -0.340 e. The van der Waals surface area contributed by atoms with Crippen molar-refractivity contribution in [3.63, 3.8) is 0 Å². The van der Waals surface area contributed by atoms with E-state index in [4.69, 9.17) is 4.98 Å². The molecule has 0 aliphatic carbocycles. The molecule has 0 fully saturated rings. The van der Waals surface area contributed by atoms with E-state index in [9.17, 15) is 9.59 Å². The highest BCUT2D eigenvalue weighted by Crippen LogP contribution is 2.17. The van der Waals surface area contributed by atoms with E-state index in [2.05, 4.69) is 5.32 Å². The van der Waals surface area contributed by atoms with E-state index in [-0.39, 0.29) is 16.8 Å². The molecule has 2 aromatic carbocycles. The molecule has 1 N–H and O–H groups in total. The van der Waals surface area contributed by atoms with Crippen molar-refractivity contribution in [3.8, 4) is 0 Å². The van der Waals surface area contributed by atoms with Gasteiger partial charge in [0.2, 0.25) is 5.43 Å². The molecule has 4 aromatic rings. The molecule has 2 heterocycles. The van der Waals surface area contributed by atoms with Crippen LogP contribution in [0.3, 0.4) is 0 Å². The van der Waals surface area contributed by atoms with Crippen LogP contribution in [0.15, 0.2) is 71.7 Å². The molecule has 0 saturated carbocycles. The predicted molar refractivity (Wildman–Crippen MR) is 124 cm³/mol. The first-order valence-corrected chi connectivity index (χ1v) is 10.3. The van der Waals surface area contributed by atoms with Gasteiger partial charge in [-0.1, -0.05) is 30.3 Å². The first-order valence-electron chi connectivity index (χ1n) is 10.3. The summed E-state index contributed by atoms with van der Waals surface area (Å²) >= 11 is 0. The Morgan fingerprint density at radius 3 is 2.52 bits per heavy atom. The third-order valence-electron chi connectivity index (χ3n) is 5.56. The van der Waals surface area contributed by atoms with Crippen LogP contribution in [0, 0.1) is 13.8 Å². The highest BCUT2D eigenvalue weighted by Gasteiger charge is 2.18. The van der Waals surface area contributed by atoms with E-state index in [0.717, 1.165) is 28.0 Å². The van der Waals surface area contributed by atoms with Gasteiger partial charge in [-0.2, -0.15) is 0 Å². The van der Waals surface area contributed by atoms with E-state index in [1.165, 1.54) is 0 Å². The molecule has 0 amide bonds. The van der Waals surface area contributed by atoms with Gasteiger partial charge in [0.1, 0.15) is 0 Å². The highest BCUT2D eigenvalue weighted by molar-refractivity contribution is 6.10. The first kappa shape index (κ1) is 20.7. The number of ketones is 1. The Morgan fingerprint density at radius 2 is 1.74 bits per heavy atom. The lowest BCUT2D eigenvalue weighted by Crippen LogP contribution is -2.20. The number of hydrogen-bond acceptors (Lipinski definition) is 4. The number of rotatable bonds is 6. The summed E-state index contributed by atoms with van der Waals surface area (Å²) in [4.78, 5) is 31.2. The summed E-state index contributed by atoms with van der Waals surface area (Å²) in [5, 5.41) is 3.64. The average Bonchev–Trinajstić information content (AvgIpc) is 2.78. The Kier molecular flexibility index (Phi) is 5.78. The predicted octanol–water partition coefficient (Wildman–Crippen LogP) is 4.01. The molecule has 0 saturated heterocycles. The smallest absolute Gasteiger partial charge is 0.200 e. The Labute approximate surface area is 181 Å². The molecule has 0 bridgehead atoms. The van der Waals surface area contributed by atoms with Crippen LogP contribution < -0.4 is 10.7 Å². The van der Waals surface area contributed by atoms with Crippen molar-refractivity contribution in [3.05, 3.63) is 111 Å². The fourth-order valence-electron chi connectivity index (χ4n) is 3.75. The molecule has 0 aliphatic rings. The summed E-state index contributed by atoms with van der Waals surface area (Å²) in [5.41, 5.74) is 5.18. The van der Waals surface area contributed by atoms with Crippen molar-refractivity contribution in [1.29, 1.82) is 0 Å². The number of nitrogens with zero attached hydrogens (tertiary/aromatic N) is 2. The van der Waals surface area contributed by atoms with Gasteiger partial charge in [-0.25, -0.2) is 0 Å². The normalized spacial score (nSPS) is 11.1. The van der Waals surface area contributed by atoms with Crippen molar-refractivity contribution in [2.45, 2.75) is 26.9 Å². The molecule has 4 rings (SSSR count). The maximum atomic E-state index is 13.3. The van der Waals surface area contributed by atoms with Crippen molar-refractivity contribution in [1.82, 2.24) is 14.9 Å². The molecule has 2 aromatic heterocycles. The molecule has 0 radical (unpaired) electrons. The molecule has 156 valence electrons. The molecule has 0 unspecified atom stereocenters. The lowest BCUT2D eigenvalue weighted by Gasteiger charge is -2.14. The van der Waals surface area contributed by atoms with Crippen LogP contribution >= 0.6 is 0 Å². The van der Waals surface area contributed by atoms with E-state index in [1.54, 1.807) is 18.3 Å². The second kappa shape index (κ2) is 8.66. The maximum Gasteiger partial charge on any atom is 0.200 e. The minimum atomic E-state index is -0.260. The summed E-state index contributed by atoms with van der Waals surface area (Å²) in [7, 11) is 1.88. The Bertz CT molecular complexity index is 1340. The van der Waals surface area contributed by atoms with Gasteiger partial charge in [-0.15, -0.1) is 0 Å². The lowest BCUT2D eigenvalue weighted by molar-refractivity contribution is 0.103. The van der Waals surface area contributed by atoms with Gasteiger partial charge >= 0.3 is 0 Å². The molecule has 0 spiro atoms. The molecule has 0 atom stereocenters. The summed E-state index contributed by atoms with van der Waals surface area (Å²) in [6.45, 7) is 5.11. The topological polar surface area (TPSA) is 64.0 Å². The summed E-state index contributed by atoms with van der Waals surface area (Å²) < 4.78 is 1.94. The van der Waals surface area contributed by atoms with Crippen LogP contribution in [-0.4, -0.2) is 22.4 Å². The zero-order chi connectivity index (χ0) is 22.0. The van der Waals surface area contributed by atoms with Gasteiger partial charge in [0.25, 0.3) is 0 Å². The third kappa shape index (κ3) is 4.18. The summed E-state index contributed by atoms with van der Waals surface area (Å²) in [6.07, 6.45) is 1.68. The SMILES string of the molecule is CNCc1cccc(Cn2cc(C(=O)c3ccc(C)c(C)c3)c(=O)c3ccccc32)n1. The molecule has 0 aliphatic heterocycles. The zero-order valence-corrected chi connectivity index (χ0v) is 18.0. The summed E-state index contributed by atoms with van der Waals surface area (Å²) in [5.74, 6) is -0.260. The monoisotopic (exact) mass is 411 g/mol. The van der Waals surface area contributed by atoms with Crippen LogP contribution in [0.1, 0.15) is 38.4 Å². The third-order valence-corrected chi connectivity index (χ3v) is 5.56. The van der Waals surface area contributed by atoms with Crippen molar-refractivity contribution >= 4 is 16.7 Å². The van der Waals surface area contributed by atoms with E-state index < -0.39 is 0 Å². The Hall–Kier alpha value is -3.57. The van der Waals surface area contributed by atoms with Crippen LogP contribution in [-0.2, 0) is 13.1 Å². The number of carbonyl (C=O) groups excluding carboxylic acids is 1. The quantitative estimate of drug-likeness (QED) is 0.487. The van der Waals surface area contributed by atoms with Gasteiger partial charge in [0.05, 0.1) is 29.0 Å². The largest absolute Gasteiger partial charge is 0.340 e. The van der Waals surface area contributed by atoms with Gasteiger partial charge in [0, 0.05) is 23.7 Å². The molecule has 5 nitrogen and oxygen atoms in total. The lowest BCUT2D eigenvalue weighted by atomic mass is 9.99. The van der Waals surface area contributed by atoms with Crippen molar-refractivity contribution in [2.24, 2.45) is 0 Å². The van der Waals surface area contributed by atoms with Gasteiger partial charge in [0.15, 0.2) is 5.78 Å². The van der Waals surface area contributed by atoms with Gasteiger partial charge < -0.3 is 9.88 Å². The first-order chi connectivity index (χ1) is 15.0. The molecular weight excluding hydrogens is 386 g/mol. The van der Waals surface area contributed by atoms with Crippen LogP contribution in [0.25, 0.3) is 10.9 Å². The van der Waals surface area contributed by atoms with Gasteiger partial charge in [-0.3, -0.25) is 14.6 Å². The number of para-hydroxylation sites is 1. The number of aromatic nitrogens is 2. The molecule has 5 heteroatoms. The molecular formula is C26H25N3O2. The van der Waals surface area contributed by atoms with E-state index >= 15 is 0 Å². The van der Waals surface area contributed by atoms with Crippen molar-refractivity contribution in [2.75, 3.05) is 7.05 Å². The Balaban J connectivity index is 1.83. The average molecular weight is 412 g/mol. The number of fused-ring (bicyclic) bond motifs is 1. The van der Waals surface area contributed by atoms with E-state index in [1.807, 2.05) is 74.0 Å². The number of carbonyl (C=O) groups is 1. The molecule has 31 heavy (non-hydrogen) atoms. The fraction of sp³-hybridized carbons (Fsp3) is 0.192. The number of pyridine rings is 2. The fourth-order valence-corrected chi connectivity index (χ4v) is 3.75. The van der Waals surface area contributed by atoms with Crippen LogP contribution in [0.5, 0.6) is 0 Å². The number of nitrogens with one attached hydrogen (secondary N) is 1. The van der Waals surface area contributed by atoms with Crippen LogP contribution in [0.4, 0.5) is 0 Å². The number of benzene rings is 2. The number of hydrogen-bond donors (Lipinski definition) is 1. The minimum absolute atomic E-state index is 0.174. The van der Waals surface area contributed by atoms with Crippen molar-refractivity contribution < 1.29 is 4.79 Å². The van der Waals surface area contributed by atoms with Crippen LogP contribution in [0.2, 0.25) is 0 Å².